The SMILES string of the molecule is CC[C@H]1CN(C(=O)Nc2cccc(OC)c2)c2ccccc2O1. The number of hydrogen-bond acceptors (Lipinski definition) is 3. The van der Waals surface area contributed by atoms with Gasteiger partial charge in [-0.2, -0.15) is 0 Å². The second-order valence-electron chi connectivity index (χ2n) is 5.39. The van der Waals surface area contributed by atoms with Crippen LogP contribution in [0.2, 0.25) is 0 Å². The van der Waals surface area contributed by atoms with Crippen molar-refractivity contribution in [3.63, 3.8) is 0 Å². The standard InChI is InChI=1S/C18H20N2O3/c1-3-14-12-20(16-9-4-5-10-17(16)23-14)18(21)19-13-7-6-8-15(11-13)22-2/h4-11,14H,3,12H2,1-2H3,(H,19,21)/t14-/m0/s1. The number of nitrogens with zero attached hydrogens (tertiary/aromatic N) is 1. The van der Waals surface area contributed by atoms with E-state index in [1.807, 2.05) is 42.5 Å². The number of benzene rings is 2. The van der Waals surface area contributed by atoms with Crippen molar-refractivity contribution >= 4 is 17.4 Å². The minimum atomic E-state index is -0.174. The summed E-state index contributed by atoms with van der Waals surface area (Å²) in [5.74, 6) is 1.45. The Balaban J connectivity index is 1.83. The summed E-state index contributed by atoms with van der Waals surface area (Å²) in [6.07, 6.45) is 0.845. The molecule has 0 aliphatic carbocycles. The number of carbonyl (C=O) groups is 1. The molecular weight excluding hydrogens is 292 g/mol. The third-order valence-electron chi connectivity index (χ3n) is 3.86. The van der Waals surface area contributed by atoms with Gasteiger partial charge in [0.25, 0.3) is 0 Å². The summed E-state index contributed by atoms with van der Waals surface area (Å²) in [5.41, 5.74) is 1.49. The summed E-state index contributed by atoms with van der Waals surface area (Å²) >= 11 is 0. The fraction of sp³-hybridized carbons (Fsp3) is 0.278. The summed E-state index contributed by atoms with van der Waals surface area (Å²) in [5, 5.41) is 2.92. The molecule has 1 heterocycles. The number of anilines is 2. The lowest BCUT2D eigenvalue weighted by atomic mass is 10.1. The van der Waals surface area contributed by atoms with Gasteiger partial charge in [0, 0.05) is 11.8 Å². The largest absolute Gasteiger partial charge is 0.497 e. The highest BCUT2D eigenvalue weighted by atomic mass is 16.5. The quantitative estimate of drug-likeness (QED) is 0.935. The number of methoxy groups -OCH3 is 1. The van der Waals surface area contributed by atoms with Gasteiger partial charge in [-0.25, -0.2) is 4.79 Å². The average molecular weight is 312 g/mol. The van der Waals surface area contributed by atoms with E-state index in [-0.39, 0.29) is 12.1 Å². The van der Waals surface area contributed by atoms with Crippen LogP contribution in [-0.2, 0) is 0 Å². The number of para-hydroxylation sites is 2. The molecule has 0 radical (unpaired) electrons. The van der Waals surface area contributed by atoms with Crippen LogP contribution >= 0.6 is 0 Å². The van der Waals surface area contributed by atoms with E-state index >= 15 is 0 Å². The molecule has 1 aliphatic heterocycles. The first-order valence-corrected chi connectivity index (χ1v) is 7.69. The van der Waals surface area contributed by atoms with Gasteiger partial charge in [-0.1, -0.05) is 25.1 Å². The molecular formula is C18H20N2O3. The van der Waals surface area contributed by atoms with Crippen LogP contribution in [0.3, 0.4) is 0 Å². The van der Waals surface area contributed by atoms with E-state index in [9.17, 15) is 4.79 Å². The van der Waals surface area contributed by atoms with Gasteiger partial charge in [0.05, 0.1) is 19.3 Å². The summed E-state index contributed by atoms with van der Waals surface area (Å²) in [4.78, 5) is 14.4. The summed E-state index contributed by atoms with van der Waals surface area (Å²) in [6.45, 7) is 2.58. The molecule has 0 saturated heterocycles. The molecule has 2 amide bonds. The fourth-order valence-electron chi connectivity index (χ4n) is 2.60. The van der Waals surface area contributed by atoms with Gasteiger partial charge in [-0.05, 0) is 30.7 Å². The number of fused-ring (bicyclic) bond motifs is 1. The van der Waals surface area contributed by atoms with Crippen molar-refractivity contribution in [3.8, 4) is 11.5 Å². The first-order chi connectivity index (χ1) is 11.2. The van der Waals surface area contributed by atoms with Crippen LogP contribution in [0.4, 0.5) is 16.2 Å². The van der Waals surface area contributed by atoms with Crippen molar-refractivity contribution in [1.29, 1.82) is 0 Å². The third-order valence-corrected chi connectivity index (χ3v) is 3.86. The Kier molecular flexibility index (Phi) is 4.37. The number of amides is 2. The highest BCUT2D eigenvalue weighted by molar-refractivity contribution is 6.03. The molecule has 23 heavy (non-hydrogen) atoms. The van der Waals surface area contributed by atoms with Crippen molar-refractivity contribution in [2.45, 2.75) is 19.4 Å². The molecule has 1 atom stereocenters. The predicted octanol–water partition coefficient (Wildman–Crippen LogP) is 3.90. The van der Waals surface area contributed by atoms with Crippen LogP contribution in [0.1, 0.15) is 13.3 Å². The van der Waals surface area contributed by atoms with Gasteiger partial charge in [0.1, 0.15) is 17.6 Å². The minimum Gasteiger partial charge on any atom is -0.497 e. The maximum absolute atomic E-state index is 12.7. The topological polar surface area (TPSA) is 50.8 Å². The molecule has 0 bridgehead atoms. The van der Waals surface area contributed by atoms with E-state index < -0.39 is 0 Å². The normalized spacial score (nSPS) is 16.3. The predicted molar refractivity (Wildman–Crippen MR) is 90.5 cm³/mol. The zero-order valence-electron chi connectivity index (χ0n) is 13.3. The van der Waals surface area contributed by atoms with Crippen LogP contribution < -0.4 is 19.7 Å². The molecule has 2 aromatic rings. The fourth-order valence-corrected chi connectivity index (χ4v) is 2.60. The molecule has 3 rings (SSSR count). The van der Waals surface area contributed by atoms with E-state index in [1.165, 1.54) is 0 Å². The van der Waals surface area contributed by atoms with Crippen LogP contribution in [-0.4, -0.2) is 25.8 Å². The molecule has 0 saturated carbocycles. The van der Waals surface area contributed by atoms with Gasteiger partial charge >= 0.3 is 6.03 Å². The van der Waals surface area contributed by atoms with E-state index in [0.29, 0.717) is 18.0 Å². The van der Waals surface area contributed by atoms with Gasteiger partial charge in [0.15, 0.2) is 0 Å². The van der Waals surface area contributed by atoms with Crippen molar-refractivity contribution in [2.24, 2.45) is 0 Å². The summed E-state index contributed by atoms with van der Waals surface area (Å²) < 4.78 is 11.1. The van der Waals surface area contributed by atoms with Crippen LogP contribution in [0.25, 0.3) is 0 Å². The Morgan fingerprint density at radius 1 is 1.30 bits per heavy atom. The molecule has 0 unspecified atom stereocenters. The first kappa shape index (κ1) is 15.2. The van der Waals surface area contributed by atoms with E-state index in [4.69, 9.17) is 9.47 Å². The molecule has 1 N–H and O–H groups in total. The lowest BCUT2D eigenvalue weighted by Gasteiger charge is -2.34. The monoisotopic (exact) mass is 312 g/mol. The van der Waals surface area contributed by atoms with Crippen molar-refractivity contribution in [1.82, 2.24) is 0 Å². The Bertz CT molecular complexity index is 702. The number of hydrogen-bond donors (Lipinski definition) is 1. The van der Waals surface area contributed by atoms with Crippen molar-refractivity contribution in [2.75, 3.05) is 23.9 Å². The van der Waals surface area contributed by atoms with E-state index in [2.05, 4.69) is 12.2 Å². The van der Waals surface area contributed by atoms with Crippen molar-refractivity contribution < 1.29 is 14.3 Å². The molecule has 0 spiro atoms. The molecule has 120 valence electrons. The number of rotatable bonds is 3. The zero-order chi connectivity index (χ0) is 16.2. The van der Waals surface area contributed by atoms with Crippen LogP contribution in [0, 0.1) is 0 Å². The van der Waals surface area contributed by atoms with E-state index in [1.54, 1.807) is 18.1 Å². The van der Waals surface area contributed by atoms with Gasteiger partial charge in [0.2, 0.25) is 0 Å². The smallest absolute Gasteiger partial charge is 0.326 e. The highest BCUT2D eigenvalue weighted by Crippen LogP contribution is 2.34. The summed E-state index contributed by atoms with van der Waals surface area (Å²) in [6, 6.07) is 14.7. The number of ether oxygens (including phenoxy) is 2. The summed E-state index contributed by atoms with van der Waals surface area (Å²) in [7, 11) is 1.60. The minimum absolute atomic E-state index is 0.000888. The Morgan fingerprint density at radius 3 is 2.91 bits per heavy atom. The van der Waals surface area contributed by atoms with Gasteiger partial charge in [-0.3, -0.25) is 4.90 Å². The molecule has 0 aromatic heterocycles. The lowest BCUT2D eigenvalue weighted by molar-refractivity contribution is 0.188. The molecule has 2 aromatic carbocycles. The van der Waals surface area contributed by atoms with Crippen molar-refractivity contribution in [3.05, 3.63) is 48.5 Å². The van der Waals surface area contributed by atoms with Crippen LogP contribution in [0.15, 0.2) is 48.5 Å². The molecule has 0 fully saturated rings. The second kappa shape index (κ2) is 6.60. The molecule has 1 aliphatic rings. The lowest BCUT2D eigenvalue weighted by Crippen LogP contribution is -2.45. The zero-order valence-corrected chi connectivity index (χ0v) is 13.3. The number of nitrogens with one attached hydrogen (secondary N) is 1. The Hall–Kier alpha value is -2.69. The van der Waals surface area contributed by atoms with Gasteiger partial charge in [-0.15, -0.1) is 0 Å². The van der Waals surface area contributed by atoms with Crippen LogP contribution in [0.5, 0.6) is 11.5 Å². The van der Waals surface area contributed by atoms with E-state index in [0.717, 1.165) is 17.9 Å². The third kappa shape index (κ3) is 3.23. The maximum Gasteiger partial charge on any atom is 0.326 e. The number of carbonyl (C=O) groups excluding carboxylic acids is 1. The highest BCUT2D eigenvalue weighted by Gasteiger charge is 2.28. The first-order valence-electron chi connectivity index (χ1n) is 7.69. The number of urea groups is 1. The second-order valence-corrected chi connectivity index (χ2v) is 5.39. The molecule has 5 heteroatoms. The Morgan fingerprint density at radius 2 is 2.13 bits per heavy atom. The Labute approximate surface area is 135 Å². The molecule has 5 nitrogen and oxygen atoms in total. The average Bonchev–Trinajstić information content (AvgIpc) is 2.60. The van der Waals surface area contributed by atoms with Gasteiger partial charge < -0.3 is 14.8 Å². The maximum atomic E-state index is 12.7.